The number of hydrogen-bond acceptors (Lipinski definition) is 3. The molecule has 0 radical (unpaired) electrons. The summed E-state index contributed by atoms with van der Waals surface area (Å²) in [4.78, 5) is 16.8. The molecule has 1 amide bonds. The summed E-state index contributed by atoms with van der Waals surface area (Å²) in [6.45, 7) is 0. The molecule has 0 atom stereocenters. The lowest BCUT2D eigenvalue weighted by atomic mass is 10.0. The first-order chi connectivity index (χ1) is 9.69. The lowest BCUT2D eigenvalue weighted by molar-refractivity contribution is -0.116. The van der Waals surface area contributed by atoms with Crippen LogP contribution in [0.1, 0.15) is 18.4 Å². The highest BCUT2D eigenvalue weighted by atomic mass is 35.5. The van der Waals surface area contributed by atoms with Crippen LogP contribution >= 0.6 is 23.7 Å². The molecule has 1 aromatic carbocycles. The summed E-state index contributed by atoms with van der Waals surface area (Å²) >= 11 is 1.64. The van der Waals surface area contributed by atoms with E-state index in [-0.39, 0.29) is 18.3 Å². The van der Waals surface area contributed by atoms with Crippen LogP contribution in [0.25, 0.3) is 11.3 Å². The van der Waals surface area contributed by atoms with E-state index in [2.05, 4.69) is 32.4 Å². The number of amides is 1. The first-order valence-corrected chi connectivity index (χ1v) is 7.57. The fraction of sp³-hybridized carbons (Fsp3) is 0.333. The van der Waals surface area contributed by atoms with Crippen molar-refractivity contribution in [1.82, 2.24) is 4.57 Å². The van der Waals surface area contributed by atoms with Gasteiger partial charge in [-0.05, 0) is 36.1 Å². The summed E-state index contributed by atoms with van der Waals surface area (Å²) < 4.78 is 2.10. The Balaban J connectivity index is 0.00000161. The summed E-state index contributed by atoms with van der Waals surface area (Å²) in [7, 11) is 3.84. The van der Waals surface area contributed by atoms with E-state index in [9.17, 15) is 4.79 Å². The normalized spacial score (nSPS) is 15.0. The largest absolute Gasteiger partial charge is 0.326 e. The summed E-state index contributed by atoms with van der Waals surface area (Å²) in [6, 6.07) is 6.25. The van der Waals surface area contributed by atoms with Crippen molar-refractivity contribution in [2.75, 3.05) is 12.4 Å². The van der Waals surface area contributed by atoms with Crippen LogP contribution in [0.4, 0.5) is 5.69 Å². The first-order valence-electron chi connectivity index (χ1n) is 6.69. The maximum absolute atomic E-state index is 11.6. The summed E-state index contributed by atoms with van der Waals surface area (Å²) in [5.74, 6) is 0.115. The third-order valence-corrected chi connectivity index (χ3v) is 4.65. The number of aryl methyl sites for hydroxylation is 1. The van der Waals surface area contributed by atoms with Crippen molar-refractivity contribution in [3.63, 3.8) is 0 Å². The van der Waals surface area contributed by atoms with Crippen LogP contribution in [0.5, 0.6) is 0 Å². The van der Waals surface area contributed by atoms with E-state index >= 15 is 0 Å². The van der Waals surface area contributed by atoms with Crippen molar-refractivity contribution in [2.24, 2.45) is 12.0 Å². The van der Waals surface area contributed by atoms with Gasteiger partial charge in [-0.3, -0.25) is 9.79 Å². The van der Waals surface area contributed by atoms with Gasteiger partial charge in [-0.15, -0.1) is 23.7 Å². The van der Waals surface area contributed by atoms with Gasteiger partial charge in [0.2, 0.25) is 5.91 Å². The Morgan fingerprint density at radius 2 is 2.14 bits per heavy atom. The number of fused-ring (bicyclic) bond motifs is 1. The minimum Gasteiger partial charge on any atom is -0.326 e. The second-order valence-electron chi connectivity index (χ2n) is 4.96. The molecule has 6 heteroatoms. The van der Waals surface area contributed by atoms with E-state index in [0.29, 0.717) is 6.42 Å². The van der Waals surface area contributed by atoms with Gasteiger partial charge in [-0.25, -0.2) is 0 Å². The van der Waals surface area contributed by atoms with E-state index in [1.807, 2.05) is 20.2 Å². The number of hydrogen-bond donors (Lipinski definition) is 1. The van der Waals surface area contributed by atoms with Crippen LogP contribution in [0.2, 0.25) is 0 Å². The zero-order valence-corrected chi connectivity index (χ0v) is 13.7. The molecule has 2 aromatic rings. The summed E-state index contributed by atoms with van der Waals surface area (Å²) in [5.41, 5.74) is 4.51. The predicted molar refractivity (Wildman–Crippen MR) is 89.0 cm³/mol. The topological polar surface area (TPSA) is 46.4 Å². The zero-order valence-electron chi connectivity index (χ0n) is 12.0. The monoisotopic (exact) mass is 323 g/mol. The van der Waals surface area contributed by atoms with Crippen molar-refractivity contribution in [1.29, 1.82) is 0 Å². The Kier molecular flexibility index (Phi) is 4.85. The quantitative estimate of drug-likeness (QED) is 0.861. The number of benzene rings is 1. The molecule has 112 valence electrons. The number of thiazole rings is 1. The van der Waals surface area contributed by atoms with Gasteiger partial charge in [-0.1, -0.05) is 6.07 Å². The van der Waals surface area contributed by atoms with Gasteiger partial charge in [0.15, 0.2) is 4.80 Å². The highest BCUT2D eigenvalue weighted by molar-refractivity contribution is 7.07. The number of aromatic nitrogens is 1. The second kappa shape index (κ2) is 6.45. The maximum atomic E-state index is 11.6. The Morgan fingerprint density at radius 3 is 2.86 bits per heavy atom. The van der Waals surface area contributed by atoms with Crippen LogP contribution < -0.4 is 10.1 Å². The van der Waals surface area contributed by atoms with E-state index in [0.717, 1.165) is 29.0 Å². The number of carbonyl (C=O) groups excluding carboxylic acids is 1. The number of halogens is 1. The third kappa shape index (κ3) is 3.04. The van der Waals surface area contributed by atoms with Gasteiger partial charge >= 0.3 is 0 Å². The van der Waals surface area contributed by atoms with Crippen molar-refractivity contribution in [2.45, 2.75) is 19.3 Å². The summed E-state index contributed by atoms with van der Waals surface area (Å²) in [6.07, 6.45) is 2.46. The van der Waals surface area contributed by atoms with Gasteiger partial charge in [0.25, 0.3) is 0 Å². The minimum absolute atomic E-state index is 0. The van der Waals surface area contributed by atoms with Gasteiger partial charge in [0.05, 0.1) is 5.69 Å². The average molecular weight is 324 g/mol. The maximum Gasteiger partial charge on any atom is 0.224 e. The molecular formula is C15H18ClN3OS. The molecule has 0 saturated carbocycles. The number of nitrogens with one attached hydrogen (secondary N) is 1. The number of rotatable bonds is 1. The minimum atomic E-state index is 0. The van der Waals surface area contributed by atoms with E-state index in [1.54, 1.807) is 11.3 Å². The van der Waals surface area contributed by atoms with Crippen molar-refractivity contribution in [3.8, 4) is 11.3 Å². The van der Waals surface area contributed by atoms with E-state index in [4.69, 9.17) is 0 Å². The fourth-order valence-corrected chi connectivity index (χ4v) is 3.44. The SMILES string of the molecule is CN=c1scc(-c2ccc3c(c2)CCCC(=O)N3)n1C.Cl. The van der Waals surface area contributed by atoms with Crippen molar-refractivity contribution < 1.29 is 4.79 Å². The molecule has 0 saturated heterocycles. The molecule has 0 spiro atoms. The van der Waals surface area contributed by atoms with Gasteiger partial charge in [0.1, 0.15) is 0 Å². The molecule has 21 heavy (non-hydrogen) atoms. The summed E-state index contributed by atoms with van der Waals surface area (Å²) in [5, 5.41) is 5.09. The predicted octanol–water partition coefficient (Wildman–Crippen LogP) is 2.98. The van der Waals surface area contributed by atoms with Crippen LogP contribution in [-0.4, -0.2) is 17.5 Å². The van der Waals surface area contributed by atoms with Crippen LogP contribution in [0, 0.1) is 0 Å². The van der Waals surface area contributed by atoms with Crippen LogP contribution in [0.3, 0.4) is 0 Å². The lowest BCUT2D eigenvalue weighted by Gasteiger charge is -2.10. The van der Waals surface area contributed by atoms with Crippen LogP contribution in [0.15, 0.2) is 28.6 Å². The van der Waals surface area contributed by atoms with Gasteiger partial charge in [0, 0.05) is 31.6 Å². The molecule has 0 unspecified atom stereocenters. The number of carbonyl (C=O) groups is 1. The standard InChI is InChI=1S/C15H17N3OS.ClH/c1-16-15-18(2)13(9-20-15)11-6-7-12-10(8-11)4-3-5-14(19)17-12;/h6-9H,3-5H2,1-2H3,(H,17,19);1H. The molecule has 2 heterocycles. The molecule has 1 aliphatic heterocycles. The highest BCUT2D eigenvalue weighted by Crippen LogP contribution is 2.28. The van der Waals surface area contributed by atoms with E-state index < -0.39 is 0 Å². The molecular weight excluding hydrogens is 306 g/mol. The van der Waals surface area contributed by atoms with Gasteiger partial charge < -0.3 is 9.88 Å². The van der Waals surface area contributed by atoms with E-state index in [1.165, 1.54) is 11.1 Å². The lowest BCUT2D eigenvalue weighted by Crippen LogP contribution is -2.11. The highest BCUT2D eigenvalue weighted by Gasteiger charge is 2.14. The Bertz CT molecular complexity index is 733. The van der Waals surface area contributed by atoms with Crippen molar-refractivity contribution >= 4 is 35.3 Å². The molecule has 1 aliphatic rings. The van der Waals surface area contributed by atoms with Crippen LogP contribution in [-0.2, 0) is 18.3 Å². The van der Waals surface area contributed by atoms with Crippen molar-refractivity contribution in [3.05, 3.63) is 33.9 Å². The second-order valence-corrected chi connectivity index (χ2v) is 5.80. The molecule has 3 rings (SSSR count). The molecule has 0 fully saturated rings. The first kappa shape index (κ1) is 15.8. The Hall–Kier alpha value is -1.59. The molecule has 1 N–H and O–H groups in total. The average Bonchev–Trinajstić information content (AvgIpc) is 2.70. The third-order valence-electron chi connectivity index (χ3n) is 3.64. The number of anilines is 1. The Morgan fingerprint density at radius 1 is 1.33 bits per heavy atom. The fourth-order valence-electron chi connectivity index (χ4n) is 2.57. The Labute approximate surface area is 134 Å². The molecule has 0 bridgehead atoms. The number of nitrogens with zero attached hydrogens (tertiary/aromatic N) is 2. The van der Waals surface area contributed by atoms with Gasteiger partial charge in [-0.2, -0.15) is 0 Å². The zero-order chi connectivity index (χ0) is 14.1. The molecule has 0 aliphatic carbocycles. The molecule has 4 nitrogen and oxygen atoms in total. The smallest absolute Gasteiger partial charge is 0.224 e. The molecule has 1 aromatic heterocycles.